The first kappa shape index (κ1) is 14.4. The zero-order valence-corrected chi connectivity index (χ0v) is 10.6. The van der Waals surface area contributed by atoms with Crippen LogP contribution in [0.15, 0.2) is 0 Å². The lowest BCUT2D eigenvalue weighted by molar-refractivity contribution is -0.147. The van der Waals surface area contributed by atoms with Crippen LogP contribution in [0.4, 0.5) is 0 Å². The van der Waals surface area contributed by atoms with Gasteiger partial charge in [0, 0.05) is 6.61 Å². The minimum atomic E-state index is -0.723. The van der Waals surface area contributed by atoms with E-state index in [1.807, 2.05) is 20.8 Å². The topological polar surface area (TPSA) is 46.5 Å². The molecule has 0 aliphatic heterocycles. The largest absolute Gasteiger partial charge is 0.481 e. The van der Waals surface area contributed by atoms with E-state index >= 15 is 0 Å². The summed E-state index contributed by atoms with van der Waals surface area (Å²) >= 11 is 0. The van der Waals surface area contributed by atoms with Crippen molar-refractivity contribution in [1.82, 2.24) is 0 Å². The molecule has 3 nitrogen and oxygen atoms in total. The summed E-state index contributed by atoms with van der Waals surface area (Å²) in [5, 5.41) is 8.90. The first-order valence-electron chi connectivity index (χ1n) is 5.52. The van der Waals surface area contributed by atoms with E-state index < -0.39 is 11.4 Å². The van der Waals surface area contributed by atoms with Crippen molar-refractivity contribution in [2.24, 2.45) is 5.41 Å². The number of aliphatic carboxylic acids is 1. The predicted molar refractivity (Wildman–Crippen MR) is 61.0 cm³/mol. The summed E-state index contributed by atoms with van der Waals surface area (Å²) in [4.78, 5) is 10.8. The van der Waals surface area contributed by atoms with E-state index in [0.717, 1.165) is 12.8 Å². The van der Waals surface area contributed by atoms with Crippen LogP contribution in [0.25, 0.3) is 0 Å². The van der Waals surface area contributed by atoms with Crippen LogP contribution in [0.2, 0.25) is 0 Å². The fourth-order valence-corrected chi connectivity index (χ4v) is 1.15. The summed E-state index contributed by atoms with van der Waals surface area (Å²) in [6.07, 6.45) is 2.53. The first-order valence-corrected chi connectivity index (χ1v) is 5.52. The number of unbranched alkanes of at least 4 members (excludes halogenated alkanes) is 1. The zero-order chi connectivity index (χ0) is 12.1. The van der Waals surface area contributed by atoms with Crippen molar-refractivity contribution in [3.8, 4) is 0 Å². The van der Waals surface area contributed by atoms with Gasteiger partial charge in [0.25, 0.3) is 0 Å². The molecule has 90 valence electrons. The molecule has 0 aromatic rings. The molecule has 0 aliphatic rings. The average Bonchev–Trinajstić information content (AvgIpc) is 2.00. The lowest BCUT2D eigenvalue weighted by Crippen LogP contribution is -2.24. The number of rotatable bonds is 6. The van der Waals surface area contributed by atoms with Crippen LogP contribution in [-0.4, -0.2) is 23.3 Å². The van der Waals surface area contributed by atoms with Crippen molar-refractivity contribution >= 4 is 5.97 Å². The first-order chi connectivity index (χ1) is 6.65. The Labute approximate surface area is 92.8 Å². The zero-order valence-electron chi connectivity index (χ0n) is 10.6. The monoisotopic (exact) mass is 216 g/mol. The van der Waals surface area contributed by atoms with Crippen LogP contribution in [0.5, 0.6) is 0 Å². The molecule has 3 heteroatoms. The summed E-state index contributed by atoms with van der Waals surface area (Å²) in [5.74, 6) is -0.723. The average molecular weight is 216 g/mol. The molecule has 0 fully saturated rings. The molecular formula is C12H24O3. The smallest absolute Gasteiger partial charge is 0.309 e. The summed E-state index contributed by atoms with van der Waals surface area (Å²) in [6, 6.07) is 0. The maximum absolute atomic E-state index is 10.8. The van der Waals surface area contributed by atoms with E-state index in [9.17, 15) is 4.79 Å². The third-order valence-corrected chi connectivity index (χ3v) is 2.31. The molecule has 0 heterocycles. The Kier molecular flexibility index (Phi) is 5.29. The van der Waals surface area contributed by atoms with Gasteiger partial charge in [-0.15, -0.1) is 0 Å². The molecule has 0 saturated carbocycles. The molecule has 0 aromatic carbocycles. The maximum atomic E-state index is 10.8. The molecule has 0 aliphatic carbocycles. The van der Waals surface area contributed by atoms with Gasteiger partial charge >= 0.3 is 5.97 Å². The van der Waals surface area contributed by atoms with Crippen molar-refractivity contribution < 1.29 is 14.6 Å². The van der Waals surface area contributed by atoms with Crippen molar-refractivity contribution in [3.63, 3.8) is 0 Å². The Hall–Kier alpha value is -0.570. The SMILES string of the molecule is CC(C)(C)OCCCCC(C)(C)C(=O)O. The third kappa shape index (κ3) is 7.37. The summed E-state index contributed by atoms with van der Waals surface area (Å²) in [7, 11) is 0. The molecule has 0 unspecified atom stereocenters. The third-order valence-electron chi connectivity index (χ3n) is 2.31. The van der Waals surface area contributed by atoms with Crippen LogP contribution in [0.1, 0.15) is 53.9 Å². The van der Waals surface area contributed by atoms with Crippen LogP contribution in [0, 0.1) is 5.41 Å². The van der Waals surface area contributed by atoms with Crippen LogP contribution in [0.3, 0.4) is 0 Å². The molecule has 0 radical (unpaired) electrons. The molecule has 1 N–H and O–H groups in total. The Morgan fingerprint density at radius 1 is 1.13 bits per heavy atom. The molecule has 0 amide bonds. The molecule has 0 rings (SSSR count). The fraction of sp³-hybridized carbons (Fsp3) is 0.917. The van der Waals surface area contributed by atoms with Gasteiger partial charge in [0.05, 0.1) is 11.0 Å². The molecular weight excluding hydrogens is 192 g/mol. The Balaban J connectivity index is 3.60. The maximum Gasteiger partial charge on any atom is 0.309 e. The number of carboxylic acids is 1. The lowest BCUT2D eigenvalue weighted by Gasteiger charge is -2.21. The second-order valence-electron chi connectivity index (χ2n) is 5.61. The molecule has 0 bridgehead atoms. The van der Waals surface area contributed by atoms with E-state index in [1.165, 1.54) is 0 Å². The second-order valence-corrected chi connectivity index (χ2v) is 5.61. The highest BCUT2D eigenvalue weighted by atomic mass is 16.5. The number of ether oxygens (including phenoxy) is 1. The lowest BCUT2D eigenvalue weighted by atomic mass is 9.87. The van der Waals surface area contributed by atoms with Gasteiger partial charge in [0.2, 0.25) is 0 Å². The van der Waals surface area contributed by atoms with Gasteiger partial charge in [-0.3, -0.25) is 4.79 Å². The minimum absolute atomic E-state index is 0.0949. The van der Waals surface area contributed by atoms with Gasteiger partial charge in [-0.25, -0.2) is 0 Å². The van der Waals surface area contributed by atoms with Crippen LogP contribution < -0.4 is 0 Å². The van der Waals surface area contributed by atoms with Gasteiger partial charge < -0.3 is 9.84 Å². The van der Waals surface area contributed by atoms with Crippen LogP contribution >= 0.6 is 0 Å². The quantitative estimate of drug-likeness (QED) is 0.694. The number of carbonyl (C=O) groups is 1. The van der Waals surface area contributed by atoms with E-state index in [-0.39, 0.29) is 5.60 Å². The standard InChI is InChI=1S/C12H24O3/c1-11(2,3)15-9-7-6-8-12(4,5)10(13)14/h6-9H2,1-5H3,(H,13,14). The van der Waals surface area contributed by atoms with Crippen molar-refractivity contribution in [3.05, 3.63) is 0 Å². The van der Waals surface area contributed by atoms with Gasteiger partial charge in [0.1, 0.15) is 0 Å². The number of carboxylic acid groups (broad SMARTS) is 1. The molecule has 0 spiro atoms. The normalized spacial score (nSPS) is 12.9. The van der Waals surface area contributed by atoms with Gasteiger partial charge in [-0.2, -0.15) is 0 Å². The van der Waals surface area contributed by atoms with E-state index in [4.69, 9.17) is 9.84 Å². The molecule has 0 saturated heterocycles. The summed E-state index contributed by atoms with van der Waals surface area (Å²) in [5.41, 5.74) is -0.704. The summed E-state index contributed by atoms with van der Waals surface area (Å²) < 4.78 is 5.56. The van der Waals surface area contributed by atoms with E-state index in [0.29, 0.717) is 13.0 Å². The van der Waals surface area contributed by atoms with E-state index in [1.54, 1.807) is 13.8 Å². The van der Waals surface area contributed by atoms with E-state index in [2.05, 4.69) is 0 Å². The predicted octanol–water partition coefficient (Wildman–Crippen LogP) is 3.08. The Bertz CT molecular complexity index is 201. The summed E-state index contributed by atoms with van der Waals surface area (Å²) in [6.45, 7) is 10.3. The fourth-order valence-electron chi connectivity index (χ4n) is 1.15. The van der Waals surface area contributed by atoms with Crippen LogP contribution in [-0.2, 0) is 9.53 Å². The molecule has 0 aromatic heterocycles. The molecule has 0 atom stereocenters. The second kappa shape index (κ2) is 5.50. The number of hydrogen-bond acceptors (Lipinski definition) is 2. The van der Waals surface area contributed by atoms with Gasteiger partial charge in [0.15, 0.2) is 0 Å². The number of hydrogen-bond donors (Lipinski definition) is 1. The van der Waals surface area contributed by atoms with Crippen molar-refractivity contribution in [2.75, 3.05) is 6.61 Å². The van der Waals surface area contributed by atoms with Crippen molar-refractivity contribution in [1.29, 1.82) is 0 Å². The van der Waals surface area contributed by atoms with Crippen molar-refractivity contribution in [2.45, 2.75) is 59.5 Å². The molecule has 15 heavy (non-hydrogen) atoms. The minimum Gasteiger partial charge on any atom is -0.481 e. The Morgan fingerprint density at radius 2 is 1.67 bits per heavy atom. The van der Waals surface area contributed by atoms with Gasteiger partial charge in [-0.1, -0.05) is 6.42 Å². The van der Waals surface area contributed by atoms with Gasteiger partial charge in [-0.05, 0) is 47.5 Å². The highest BCUT2D eigenvalue weighted by Crippen LogP contribution is 2.23. The Morgan fingerprint density at radius 3 is 2.07 bits per heavy atom. The highest BCUT2D eigenvalue weighted by molar-refractivity contribution is 5.73. The highest BCUT2D eigenvalue weighted by Gasteiger charge is 2.26.